The molecule has 5 nitrogen and oxygen atoms in total. The molecule has 1 aromatic heterocycles. The van der Waals surface area contributed by atoms with Crippen LogP contribution in [0.5, 0.6) is 0 Å². The summed E-state index contributed by atoms with van der Waals surface area (Å²) in [6, 6.07) is 4.55. The number of thiophene rings is 1. The van der Waals surface area contributed by atoms with Crippen molar-refractivity contribution in [2.75, 3.05) is 44.8 Å². The van der Waals surface area contributed by atoms with Gasteiger partial charge in [-0.2, -0.15) is 13.2 Å². The number of halogens is 3. The average molecular weight is 378 g/mol. The highest BCUT2D eigenvalue weighted by atomic mass is 32.1. The van der Waals surface area contributed by atoms with Gasteiger partial charge in [-0.1, -0.05) is 0 Å². The number of anilines is 1. The lowest BCUT2D eigenvalue weighted by molar-refractivity contribution is -0.173. The number of alkyl halides is 3. The van der Waals surface area contributed by atoms with Crippen molar-refractivity contribution in [1.29, 1.82) is 0 Å². The van der Waals surface area contributed by atoms with E-state index < -0.39 is 12.8 Å². The van der Waals surface area contributed by atoms with E-state index in [1.54, 1.807) is 18.4 Å². The van der Waals surface area contributed by atoms with Crippen molar-refractivity contribution in [3.8, 4) is 0 Å². The number of rotatable bonds is 7. The second kappa shape index (κ2) is 9.86. The van der Waals surface area contributed by atoms with Crippen LogP contribution in [0.1, 0.15) is 19.3 Å². The number of ether oxygens (including phenoxy) is 1. The van der Waals surface area contributed by atoms with Gasteiger partial charge in [0.15, 0.2) is 5.96 Å². The highest BCUT2D eigenvalue weighted by molar-refractivity contribution is 7.14. The van der Waals surface area contributed by atoms with Crippen molar-refractivity contribution in [3.63, 3.8) is 0 Å². The zero-order valence-corrected chi connectivity index (χ0v) is 15.1. The molecule has 9 heteroatoms. The molecule has 142 valence electrons. The van der Waals surface area contributed by atoms with E-state index in [1.807, 2.05) is 0 Å². The fourth-order valence-electron chi connectivity index (χ4n) is 2.65. The van der Waals surface area contributed by atoms with E-state index in [0.29, 0.717) is 25.0 Å². The summed E-state index contributed by atoms with van der Waals surface area (Å²) < 4.78 is 40.4. The summed E-state index contributed by atoms with van der Waals surface area (Å²) >= 11 is 1.76. The molecule has 1 fully saturated rings. The van der Waals surface area contributed by atoms with Crippen molar-refractivity contribution in [2.24, 2.45) is 4.99 Å². The third-order valence-corrected chi connectivity index (χ3v) is 4.83. The van der Waals surface area contributed by atoms with Crippen LogP contribution in [0.3, 0.4) is 0 Å². The quantitative estimate of drug-likeness (QED) is 0.435. The largest absolute Gasteiger partial charge is 0.411 e. The van der Waals surface area contributed by atoms with Crippen LogP contribution in [0.25, 0.3) is 0 Å². The van der Waals surface area contributed by atoms with Crippen LogP contribution in [-0.2, 0) is 4.74 Å². The van der Waals surface area contributed by atoms with Gasteiger partial charge in [0.25, 0.3) is 0 Å². The Hall–Kier alpha value is -1.48. The summed E-state index contributed by atoms with van der Waals surface area (Å²) in [6.45, 7) is 1.40. The van der Waals surface area contributed by atoms with Gasteiger partial charge in [-0.3, -0.25) is 4.99 Å². The van der Waals surface area contributed by atoms with Crippen LogP contribution in [0.4, 0.5) is 18.2 Å². The van der Waals surface area contributed by atoms with Crippen LogP contribution in [-0.4, -0.2) is 58.1 Å². The molecule has 2 rings (SSSR count). The smallest absolute Gasteiger partial charge is 0.372 e. The van der Waals surface area contributed by atoms with Crippen LogP contribution in [0, 0.1) is 0 Å². The Kier molecular flexibility index (Phi) is 7.83. The standard InChI is InChI=1S/C16H25F3N4OS/c1-20-15(21-7-3-10-24-12-16(17,18)19)22-13-5-8-23(9-6-13)14-4-2-11-25-14/h2,4,11,13H,3,5-10,12H2,1H3,(H2,20,21,22). The van der Waals surface area contributed by atoms with E-state index >= 15 is 0 Å². The fourth-order valence-corrected chi connectivity index (χ4v) is 3.44. The SMILES string of the molecule is CN=C(NCCCOCC(F)(F)F)NC1CCN(c2cccs2)CC1. The van der Waals surface area contributed by atoms with Gasteiger partial charge in [-0.25, -0.2) is 0 Å². The van der Waals surface area contributed by atoms with Gasteiger partial charge in [0.1, 0.15) is 6.61 Å². The molecule has 2 N–H and O–H groups in total. The third kappa shape index (κ3) is 7.52. The summed E-state index contributed by atoms with van der Waals surface area (Å²) in [4.78, 5) is 6.56. The molecule has 0 unspecified atom stereocenters. The second-order valence-electron chi connectivity index (χ2n) is 5.88. The molecule has 1 aromatic rings. The molecule has 0 aromatic carbocycles. The molecule has 0 atom stereocenters. The molecule has 0 radical (unpaired) electrons. The van der Waals surface area contributed by atoms with E-state index in [0.717, 1.165) is 25.9 Å². The summed E-state index contributed by atoms with van der Waals surface area (Å²) in [6.07, 6.45) is -1.73. The Morgan fingerprint density at radius 3 is 2.76 bits per heavy atom. The van der Waals surface area contributed by atoms with Crippen molar-refractivity contribution in [3.05, 3.63) is 17.5 Å². The molecule has 1 saturated heterocycles. The highest BCUT2D eigenvalue weighted by Crippen LogP contribution is 2.24. The Morgan fingerprint density at radius 1 is 1.40 bits per heavy atom. The summed E-state index contributed by atoms with van der Waals surface area (Å²) in [7, 11) is 1.69. The monoisotopic (exact) mass is 378 g/mol. The topological polar surface area (TPSA) is 48.9 Å². The first-order chi connectivity index (χ1) is 12.0. The number of aliphatic imine (C=N–C) groups is 1. The Balaban J connectivity index is 1.59. The van der Waals surface area contributed by atoms with Gasteiger partial charge in [0.2, 0.25) is 0 Å². The molecule has 0 saturated carbocycles. The van der Waals surface area contributed by atoms with E-state index in [9.17, 15) is 13.2 Å². The van der Waals surface area contributed by atoms with Crippen molar-refractivity contribution >= 4 is 22.3 Å². The molecule has 2 heterocycles. The van der Waals surface area contributed by atoms with Gasteiger partial charge in [-0.15, -0.1) is 11.3 Å². The van der Waals surface area contributed by atoms with Crippen LogP contribution >= 0.6 is 11.3 Å². The summed E-state index contributed by atoms with van der Waals surface area (Å²) in [5.41, 5.74) is 0. The zero-order chi connectivity index (χ0) is 18.1. The first kappa shape index (κ1) is 19.8. The molecular weight excluding hydrogens is 353 g/mol. The van der Waals surface area contributed by atoms with E-state index in [-0.39, 0.29) is 6.61 Å². The minimum atomic E-state index is -4.26. The van der Waals surface area contributed by atoms with Gasteiger partial charge in [-0.05, 0) is 36.8 Å². The Labute approximate surface area is 150 Å². The lowest BCUT2D eigenvalue weighted by Crippen LogP contribution is -2.48. The summed E-state index contributed by atoms with van der Waals surface area (Å²) in [5.74, 6) is 0.686. The average Bonchev–Trinajstić information content (AvgIpc) is 3.11. The van der Waals surface area contributed by atoms with Crippen LogP contribution < -0.4 is 15.5 Å². The van der Waals surface area contributed by atoms with Gasteiger partial charge in [0.05, 0.1) is 5.00 Å². The number of nitrogens with one attached hydrogen (secondary N) is 2. The van der Waals surface area contributed by atoms with Crippen molar-refractivity contribution in [2.45, 2.75) is 31.5 Å². The minimum Gasteiger partial charge on any atom is -0.372 e. The normalized spacial score (nSPS) is 17.0. The minimum absolute atomic E-state index is 0.0721. The van der Waals surface area contributed by atoms with Crippen molar-refractivity contribution < 1.29 is 17.9 Å². The lowest BCUT2D eigenvalue weighted by Gasteiger charge is -2.33. The molecule has 0 aliphatic carbocycles. The maximum Gasteiger partial charge on any atom is 0.411 e. The van der Waals surface area contributed by atoms with E-state index in [2.05, 4.69) is 42.8 Å². The molecule has 1 aliphatic heterocycles. The molecule has 0 spiro atoms. The zero-order valence-electron chi connectivity index (χ0n) is 14.3. The molecule has 0 amide bonds. The number of hydrogen-bond acceptors (Lipinski definition) is 4. The lowest BCUT2D eigenvalue weighted by atomic mass is 10.1. The molecule has 1 aliphatic rings. The Bertz CT molecular complexity index is 514. The van der Waals surface area contributed by atoms with Crippen LogP contribution in [0.2, 0.25) is 0 Å². The first-order valence-electron chi connectivity index (χ1n) is 8.38. The van der Waals surface area contributed by atoms with Crippen LogP contribution in [0.15, 0.2) is 22.5 Å². The van der Waals surface area contributed by atoms with E-state index in [1.165, 1.54) is 5.00 Å². The second-order valence-corrected chi connectivity index (χ2v) is 6.80. The van der Waals surface area contributed by atoms with Gasteiger partial charge < -0.3 is 20.3 Å². The maximum atomic E-state index is 12.0. The maximum absolute atomic E-state index is 12.0. The number of hydrogen-bond donors (Lipinski definition) is 2. The number of piperidine rings is 1. The fraction of sp³-hybridized carbons (Fsp3) is 0.688. The predicted octanol–water partition coefficient (Wildman–Crippen LogP) is 2.85. The third-order valence-electron chi connectivity index (χ3n) is 3.90. The number of guanidine groups is 1. The van der Waals surface area contributed by atoms with Gasteiger partial charge >= 0.3 is 6.18 Å². The predicted molar refractivity (Wildman–Crippen MR) is 95.5 cm³/mol. The number of nitrogens with zero attached hydrogens (tertiary/aromatic N) is 2. The molecule has 0 bridgehead atoms. The highest BCUT2D eigenvalue weighted by Gasteiger charge is 2.27. The summed E-state index contributed by atoms with van der Waals surface area (Å²) in [5, 5.41) is 9.89. The Morgan fingerprint density at radius 2 is 2.16 bits per heavy atom. The van der Waals surface area contributed by atoms with Gasteiger partial charge in [0, 0.05) is 39.3 Å². The molecular formula is C16H25F3N4OS. The first-order valence-corrected chi connectivity index (χ1v) is 9.26. The molecule has 25 heavy (non-hydrogen) atoms. The van der Waals surface area contributed by atoms with E-state index in [4.69, 9.17) is 0 Å². The van der Waals surface area contributed by atoms with Crippen molar-refractivity contribution in [1.82, 2.24) is 10.6 Å².